The molecule has 4 heteroatoms. The number of ether oxygens (including phenoxy) is 1. The summed E-state index contributed by atoms with van der Waals surface area (Å²) in [6, 6.07) is 8.68. The Morgan fingerprint density at radius 2 is 2.00 bits per heavy atom. The maximum Gasteiger partial charge on any atom is 0.342 e. The summed E-state index contributed by atoms with van der Waals surface area (Å²) in [7, 11) is 0. The molecule has 88 valence electrons. The molecule has 2 rings (SSSR count). The first-order valence-corrected chi connectivity index (χ1v) is 5.60. The summed E-state index contributed by atoms with van der Waals surface area (Å²) in [5.41, 5.74) is 1.22. The summed E-state index contributed by atoms with van der Waals surface area (Å²) < 4.78 is 10.3. The molecule has 0 saturated heterocycles. The fourth-order valence-electron chi connectivity index (χ4n) is 1.50. The van der Waals surface area contributed by atoms with Gasteiger partial charge in [0.25, 0.3) is 0 Å². The number of hydrogen-bond donors (Lipinski definition) is 0. The van der Waals surface area contributed by atoms with Gasteiger partial charge in [0.05, 0.1) is 12.9 Å². The van der Waals surface area contributed by atoms with Crippen molar-refractivity contribution in [1.82, 2.24) is 0 Å². The van der Waals surface area contributed by atoms with Gasteiger partial charge in [-0.25, -0.2) is 4.79 Å². The van der Waals surface area contributed by atoms with E-state index in [4.69, 9.17) is 20.8 Å². The van der Waals surface area contributed by atoms with Crippen LogP contribution in [-0.4, -0.2) is 12.6 Å². The van der Waals surface area contributed by atoms with Crippen molar-refractivity contribution in [2.24, 2.45) is 0 Å². The summed E-state index contributed by atoms with van der Waals surface area (Å²) in [5.74, 6) is 0.117. The molecule has 0 radical (unpaired) electrons. The molecule has 0 amide bonds. The minimum atomic E-state index is -0.383. The maximum atomic E-state index is 11.7. The highest BCUT2D eigenvalue weighted by molar-refractivity contribution is 6.30. The fourth-order valence-corrected chi connectivity index (χ4v) is 1.63. The van der Waals surface area contributed by atoms with Crippen molar-refractivity contribution in [2.45, 2.75) is 6.92 Å². The van der Waals surface area contributed by atoms with Crippen LogP contribution in [0, 0.1) is 0 Å². The smallest absolute Gasteiger partial charge is 0.342 e. The van der Waals surface area contributed by atoms with Crippen LogP contribution in [0.4, 0.5) is 0 Å². The third-order valence-electron chi connectivity index (χ3n) is 2.27. The van der Waals surface area contributed by atoms with Crippen LogP contribution < -0.4 is 0 Å². The first-order valence-electron chi connectivity index (χ1n) is 5.23. The van der Waals surface area contributed by atoms with E-state index in [2.05, 4.69) is 0 Å². The zero-order valence-corrected chi connectivity index (χ0v) is 10.0. The molecule has 2 aromatic rings. The maximum absolute atomic E-state index is 11.7. The number of halogens is 1. The zero-order valence-electron chi connectivity index (χ0n) is 9.27. The van der Waals surface area contributed by atoms with Crippen LogP contribution in [0.1, 0.15) is 17.3 Å². The molecule has 0 aliphatic rings. The number of furan rings is 1. The lowest BCUT2D eigenvalue weighted by atomic mass is 10.1. The predicted molar refractivity (Wildman–Crippen MR) is 65.1 cm³/mol. The number of hydrogen-bond acceptors (Lipinski definition) is 3. The fraction of sp³-hybridized carbons (Fsp3) is 0.154. The van der Waals surface area contributed by atoms with Crippen molar-refractivity contribution in [3.05, 3.63) is 47.2 Å². The highest BCUT2D eigenvalue weighted by Crippen LogP contribution is 2.26. The number of esters is 1. The number of carbonyl (C=O) groups is 1. The second-order valence-corrected chi connectivity index (χ2v) is 3.83. The van der Waals surface area contributed by atoms with Gasteiger partial charge in [-0.2, -0.15) is 0 Å². The van der Waals surface area contributed by atoms with Gasteiger partial charge in [0.2, 0.25) is 0 Å². The molecule has 1 heterocycles. The molecule has 0 N–H and O–H groups in total. The van der Waals surface area contributed by atoms with Gasteiger partial charge in [-0.15, -0.1) is 0 Å². The monoisotopic (exact) mass is 250 g/mol. The van der Waals surface area contributed by atoms with Crippen molar-refractivity contribution >= 4 is 17.6 Å². The quantitative estimate of drug-likeness (QED) is 0.779. The summed E-state index contributed by atoms with van der Waals surface area (Å²) in [5, 5.41) is 0.637. The number of benzene rings is 1. The average Bonchev–Trinajstić information content (AvgIpc) is 2.79. The van der Waals surface area contributed by atoms with E-state index in [-0.39, 0.29) is 5.97 Å². The molecule has 0 spiro atoms. The van der Waals surface area contributed by atoms with E-state index in [1.807, 2.05) is 0 Å². The second-order valence-electron chi connectivity index (χ2n) is 3.39. The van der Waals surface area contributed by atoms with Gasteiger partial charge < -0.3 is 9.15 Å². The third-order valence-corrected chi connectivity index (χ3v) is 2.52. The average molecular weight is 251 g/mol. The Labute approximate surface area is 104 Å². The first-order chi connectivity index (χ1) is 8.22. The van der Waals surface area contributed by atoms with E-state index in [1.54, 1.807) is 37.3 Å². The normalized spacial score (nSPS) is 10.2. The highest BCUT2D eigenvalue weighted by atomic mass is 35.5. The molecule has 0 unspecified atom stereocenters. The zero-order chi connectivity index (χ0) is 12.3. The Morgan fingerprint density at radius 3 is 2.65 bits per heavy atom. The third kappa shape index (κ3) is 2.50. The molecule has 3 nitrogen and oxygen atoms in total. The van der Waals surface area contributed by atoms with Gasteiger partial charge in [-0.3, -0.25) is 0 Å². The van der Waals surface area contributed by atoms with E-state index in [9.17, 15) is 4.79 Å². The lowest BCUT2D eigenvalue weighted by Gasteiger charge is -2.02. The minimum Gasteiger partial charge on any atom is -0.463 e. The van der Waals surface area contributed by atoms with Crippen LogP contribution in [0.3, 0.4) is 0 Å². The number of rotatable bonds is 3. The van der Waals surface area contributed by atoms with E-state index >= 15 is 0 Å². The molecular weight excluding hydrogens is 240 g/mol. The van der Waals surface area contributed by atoms with E-state index in [0.717, 1.165) is 5.56 Å². The Morgan fingerprint density at radius 1 is 1.29 bits per heavy atom. The van der Waals surface area contributed by atoms with E-state index < -0.39 is 0 Å². The van der Waals surface area contributed by atoms with Crippen LogP contribution in [0.5, 0.6) is 0 Å². The van der Waals surface area contributed by atoms with Crippen LogP contribution >= 0.6 is 11.6 Å². The van der Waals surface area contributed by atoms with E-state index in [0.29, 0.717) is 23.0 Å². The standard InChI is InChI=1S/C13H11ClO3/c1-2-16-13(15)11-7-8-17-12(11)9-3-5-10(14)6-4-9/h3-8H,2H2,1H3. The van der Waals surface area contributed by atoms with Crippen molar-refractivity contribution in [1.29, 1.82) is 0 Å². The minimum absolute atomic E-state index is 0.337. The molecule has 0 aliphatic carbocycles. The summed E-state index contributed by atoms with van der Waals surface area (Å²) in [6.07, 6.45) is 1.47. The molecule has 0 bridgehead atoms. The lowest BCUT2D eigenvalue weighted by molar-refractivity contribution is 0.0527. The largest absolute Gasteiger partial charge is 0.463 e. The Kier molecular flexibility index (Phi) is 3.49. The molecule has 1 aromatic heterocycles. The molecule has 0 saturated carbocycles. The lowest BCUT2D eigenvalue weighted by Crippen LogP contribution is -2.04. The molecule has 1 aromatic carbocycles. The SMILES string of the molecule is CCOC(=O)c1ccoc1-c1ccc(Cl)cc1. The van der Waals surface area contributed by atoms with Crippen molar-refractivity contribution < 1.29 is 13.9 Å². The number of carbonyl (C=O) groups excluding carboxylic acids is 1. The van der Waals surface area contributed by atoms with Crippen LogP contribution in [0.15, 0.2) is 41.0 Å². The molecule has 17 heavy (non-hydrogen) atoms. The van der Waals surface area contributed by atoms with Gasteiger partial charge in [0.15, 0.2) is 0 Å². The Bertz CT molecular complexity index is 514. The summed E-state index contributed by atoms with van der Waals surface area (Å²) >= 11 is 5.80. The molecular formula is C13H11ClO3. The first kappa shape index (κ1) is 11.7. The second kappa shape index (κ2) is 5.06. The highest BCUT2D eigenvalue weighted by Gasteiger charge is 2.16. The Balaban J connectivity index is 2.36. The van der Waals surface area contributed by atoms with Gasteiger partial charge in [-0.1, -0.05) is 11.6 Å². The predicted octanol–water partition coefficient (Wildman–Crippen LogP) is 3.78. The van der Waals surface area contributed by atoms with Gasteiger partial charge >= 0.3 is 5.97 Å². The molecule has 0 atom stereocenters. The van der Waals surface area contributed by atoms with Crippen molar-refractivity contribution in [3.8, 4) is 11.3 Å². The van der Waals surface area contributed by atoms with Crippen molar-refractivity contribution in [2.75, 3.05) is 6.61 Å². The van der Waals surface area contributed by atoms with Crippen LogP contribution in [-0.2, 0) is 4.74 Å². The van der Waals surface area contributed by atoms with Gasteiger partial charge in [0, 0.05) is 10.6 Å². The van der Waals surface area contributed by atoms with Crippen molar-refractivity contribution in [3.63, 3.8) is 0 Å². The van der Waals surface area contributed by atoms with Gasteiger partial charge in [0.1, 0.15) is 11.3 Å². The molecule has 0 aliphatic heterocycles. The van der Waals surface area contributed by atoms with E-state index in [1.165, 1.54) is 6.26 Å². The summed E-state index contributed by atoms with van der Waals surface area (Å²) in [6.45, 7) is 2.10. The van der Waals surface area contributed by atoms with Gasteiger partial charge in [-0.05, 0) is 37.3 Å². The van der Waals surface area contributed by atoms with Crippen LogP contribution in [0.2, 0.25) is 5.02 Å². The van der Waals surface area contributed by atoms with Crippen LogP contribution in [0.25, 0.3) is 11.3 Å². The molecule has 0 fully saturated rings. The Hall–Kier alpha value is -1.74. The topological polar surface area (TPSA) is 39.4 Å². The summed E-state index contributed by atoms with van der Waals surface area (Å²) in [4.78, 5) is 11.7.